The van der Waals surface area contributed by atoms with Gasteiger partial charge < -0.3 is 9.64 Å². The third-order valence-electron chi connectivity index (χ3n) is 5.25. The summed E-state index contributed by atoms with van der Waals surface area (Å²) in [6, 6.07) is 5.81. The highest BCUT2D eigenvalue weighted by Gasteiger charge is 2.32. The van der Waals surface area contributed by atoms with Crippen molar-refractivity contribution >= 4 is 29.1 Å². The second-order valence-electron chi connectivity index (χ2n) is 7.18. The Labute approximate surface area is 173 Å². The SMILES string of the molecule is C=CCN(C)C1CCCCC1N(C)C(=O)CCCOc1ccc(Cl)cc1Cl. The fraction of sp³-hybridized carbons (Fsp3) is 0.571. The molecule has 0 aromatic heterocycles. The Morgan fingerprint density at radius 3 is 2.63 bits per heavy atom. The molecular formula is C21H30Cl2N2O2. The molecule has 1 amide bonds. The molecule has 1 aliphatic rings. The van der Waals surface area contributed by atoms with Crippen LogP contribution in [0.1, 0.15) is 38.5 Å². The number of rotatable bonds is 9. The van der Waals surface area contributed by atoms with Gasteiger partial charge in [-0.2, -0.15) is 0 Å². The Bertz CT molecular complexity index is 639. The van der Waals surface area contributed by atoms with E-state index in [0.29, 0.717) is 41.3 Å². The van der Waals surface area contributed by atoms with E-state index in [2.05, 4.69) is 18.5 Å². The lowest BCUT2D eigenvalue weighted by molar-refractivity contribution is -0.134. The van der Waals surface area contributed by atoms with Gasteiger partial charge in [0, 0.05) is 37.1 Å². The van der Waals surface area contributed by atoms with Crippen molar-refractivity contribution in [1.82, 2.24) is 9.80 Å². The number of carbonyl (C=O) groups is 1. The van der Waals surface area contributed by atoms with E-state index in [-0.39, 0.29) is 11.9 Å². The fourth-order valence-electron chi connectivity index (χ4n) is 3.76. The topological polar surface area (TPSA) is 32.8 Å². The normalized spacial score (nSPS) is 19.7. The molecule has 0 saturated heterocycles. The molecule has 2 atom stereocenters. The molecule has 27 heavy (non-hydrogen) atoms. The van der Waals surface area contributed by atoms with Crippen molar-refractivity contribution in [1.29, 1.82) is 0 Å². The Kier molecular flexibility index (Phi) is 8.94. The molecule has 1 fully saturated rings. The molecule has 0 aliphatic heterocycles. The largest absolute Gasteiger partial charge is 0.492 e. The van der Waals surface area contributed by atoms with Gasteiger partial charge in [0.25, 0.3) is 0 Å². The molecule has 0 N–H and O–H groups in total. The Balaban J connectivity index is 1.82. The van der Waals surface area contributed by atoms with Crippen molar-refractivity contribution in [2.75, 3.05) is 27.2 Å². The first-order valence-electron chi connectivity index (χ1n) is 9.58. The maximum absolute atomic E-state index is 12.7. The lowest BCUT2D eigenvalue weighted by Gasteiger charge is -2.42. The van der Waals surface area contributed by atoms with Crippen LogP contribution < -0.4 is 4.74 Å². The molecule has 0 spiro atoms. The predicted molar refractivity (Wildman–Crippen MR) is 113 cm³/mol. The number of benzene rings is 1. The van der Waals surface area contributed by atoms with Crippen LogP contribution in [0.5, 0.6) is 5.75 Å². The zero-order chi connectivity index (χ0) is 19.8. The van der Waals surface area contributed by atoms with Crippen LogP contribution in [-0.2, 0) is 4.79 Å². The van der Waals surface area contributed by atoms with Crippen LogP contribution in [0, 0.1) is 0 Å². The molecular weight excluding hydrogens is 383 g/mol. The summed E-state index contributed by atoms with van der Waals surface area (Å²) in [5, 5.41) is 1.06. The first kappa shape index (κ1) is 22.1. The number of halogens is 2. The van der Waals surface area contributed by atoms with Crippen LogP contribution in [0.15, 0.2) is 30.9 Å². The molecule has 2 unspecified atom stereocenters. The predicted octanol–water partition coefficient (Wildman–Crippen LogP) is 5.04. The monoisotopic (exact) mass is 412 g/mol. The molecule has 2 rings (SSSR count). The molecule has 0 radical (unpaired) electrons. The third-order valence-corrected chi connectivity index (χ3v) is 5.78. The van der Waals surface area contributed by atoms with Crippen LogP contribution in [0.3, 0.4) is 0 Å². The van der Waals surface area contributed by atoms with Gasteiger partial charge in [-0.05, 0) is 44.5 Å². The number of ether oxygens (including phenoxy) is 1. The van der Waals surface area contributed by atoms with Gasteiger partial charge in [-0.25, -0.2) is 0 Å². The molecule has 0 bridgehead atoms. The van der Waals surface area contributed by atoms with Gasteiger partial charge in [-0.1, -0.05) is 42.1 Å². The van der Waals surface area contributed by atoms with Crippen molar-refractivity contribution in [3.63, 3.8) is 0 Å². The minimum absolute atomic E-state index is 0.171. The third kappa shape index (κ3) is 6.41. The summed E-state index contributed by atoms with van der Waals surface area (Å²) in [7, 11) is 4.05. The highest BCUT2D eigenvalue weighted by atomic mass is 35.5. The van der Waals surface area contributed by atoms with Crippen molar-refractivity contribution < 1.29 is 9.53 Å². The van der Waals surface area contributed by atoms with Crippen LogP contribution >= 0.6 is 23.2 Å². The van der Waals surface area contributed by atoms with Gasteiger partial charge in [0.1, 0.15) is 5.75 Å². The maximum atomic E-state index is 12.7. The first-order valence-corrected chi connectivity index (χ1v) is 10.3. The van der Waals surface area contributed by atoms with E-state index in [1.54, 1.807) is 18.2 Å². The number of hydrogen-bond donors (Lipinski definition) is 0. The number of hydrogen-bond acceptors (Lipinski definition) is 3. The molecule has 6 heteroatoms. The van der Waals surface area contributed by atoms with E-state index >= 15 is 0 Å². The summed E-state index contributed by atoms with van der Waals surface area (Å²) in [5.74, 6) is 0.768. The Hall–Kier alpha value is -1.23. The van der Waals surface area contributed by atoms with E-state index in [0.717, 1.165) is 19.4 Å². The van der Waals surface area contributed by atoms with Gasteiger partial charge in [0.05, 0.1) is 11.6 Å². The van der Waals surface area contributed by atoms with Crippen LogP contribution in [-0.4, -0.2) is 55.0 Å². The summed E-state index contributed by atoms with van der Waals surface area (Å²) in [6.45, 7) is 5.13. The standard InChI is InChI=1S/C21H30Cl2N2O2/c1-4-13-24(2)18-8-5-6-9-19(18)25(3)21(26)10-7-14-27-20-12-11-16(22)15-17(20)23/h4,11-12,15,18-19H,1,5-10,13-14H2,2-3H3. The number of likely N-dealkylation sites (N-methyl/N-ethyl adjacent to an activating group) is 2. The average molecular weight is 413 g/mol. The van der Waals surface area contributed by atoms with Gasteiger partial charge in [0.2, 0.25) is 5.91 Å². The van der Waals surface area contributed by atoms with Gasteiger partial charge >= 0.3 is 0 Å². The average Bonchev–Trinajstić information content (AvgIpc) is 2.66. The quantitative estimate of drug-likeness (QED) is 0.420. The second-order valence-corrected chi connectivity index (χ2v) is 8.02. The highest BCUT2D eigenvalue weighted by molar-refractivity contribution is 6.35. The fourth-order valence-corrected chi connectivity index (χ4v) is 4.22. The summed E-state index contributed by atoms with van der Waals surface area (Å²) >= 11 is 12.0. The smallest absolute Gasteiger partial charge is 0.222 e. The lowest BCUT2D eigenvalue weighted by atomic mass is 9.88. The van der Waals surface area contributed by atoms with Crippen LogP contribution in [0.25, 0.3) is 0 Å². The number of nitrogens with zero attached hydrogens (tertiary/aromatic N) is 2. The highest BCUT2D eigenvalue weighted by Crippen LogP contribution is 2.28. The summed E-state index contributed by atoms with van der Waals surface area (Å²) in [5.41, 5.74) is 0. The van der Waals surface area contributed by atoms with E-state index in [1.165, 1.54) is 12.8 Å². The van der Waals surface area contributed by atoms with E-state index in [9.17, 15) is 4.79 Å². The molecule has 150 valence electrons. The van der Waals surface area contributed by atoms with Crippen molar-refractivity contribution in [3.05, 3.63) is 40.9 Å². The van der Waals surface area contributed by atoms with E-state index < -0.39 is 0 Å². The molecule has 1 aromatic carbocycles. The maximum Gasteiger partial charge on any atom is 0.222 e. The van der Waals surface area contributed by atoms with Crippen LogP contribution in [0.4, 0.5) is 0 Å². The Morgan fingerprint density at radius 2 is 1.96 bits per heavy atom. The minimum atomic E-state index is 0.171. The summed E-state index contributed by atoms with van der Waals surface area (Å²) in [6.07, 6.45) is 7.64. The van der Waals surface area contributed by atoms with Gasteiger partial charge in [-0.15, -0.1) is 6.58 Å². The van der Waals surface area contributed by atoms with Crippen molar-refractivity contribution in [2.45, 2.75) is 50.6 Å². The molecule has 0 heterocycles. The number of amides is 1. The van der Waals surface area contributed by atoms with Gasteiger partial charge in [-0.3, -0.25) is 9.69 Å². The van der Waals surface area contributed by atoms with Crippen LogP contribution in [0.2, 0.25) is 10.0 Å². The zero-order valence-electron chi connectivity index (χ0n) is 16.3. The van der Waals surface area contributed by atoms with Crippen molar-refractivity contribution in [2.24, 2.45) is 0 Å². The second kappa shape index (κ2) is 10.9. The number of carbonyl (C=O) groups excluding carboxylic acids is 1. The van der Waals surface area contributed by atoms with E-state index in [1.807, 2.05) is 18.0 Å². The Morgan fingerprint density at radius 1 is 1.26 bits per heavy atom. The lowest BCUT2D eigenvalue weighted by Crippen LogP contribution is -2.52. The summed E-state index contributed by atoms with van der Waals surface area (Å²) in [4.78, 5) is 16.9. The summed E-state index contributed by atoms with van der Waals surface area (Å²) < 4.78 is 5.68. The molecule has 4 nitrogen and oxygen atoms in total. The van der Waals surface area contributed by atoms with E-state index in [4.69, 9.17) is 27.9 Å². The zero-order valence-corrected chi connectivity index (χ0v) is 17.8. The first-order chi connectivity index (χ1) is 12.9. The van der Waals surface area contributed by atoms with Gasteiger partial charge in [0.15, 0.2) is 0 Å². The minimum Gasteiger partial charge on any atom is -0.492 e. The molecule has 1 aliphatic carbocycles. The molecule has 1 saturated carbocycles. The van der Waals surface area contributed by atoms with Crippen molar-refractivity contribution in [3.8, 4) is 5.75 Å². The molecule has 1 aromatic rings.